The van der Waals surface area contributed by atoms with Crippen molar-refractivity contribution in [3.63, 3.8) is 0 Å². The van der Waals surface area contributed by atoms with Gasteiger partial charge in [-0.25, -0.2) is 15.0 Å². The van der Waals surface area contributed by atoms with Crippen LogP contribution in [0.1, 0.15) is 60.4 Å². The van der Waals surface area contributed by atoms with Gasteiger partial charge in [0.15, 0.2) is 0 Å². The van der Waals surface area contributed by atoms with Gasteiger partial charge in [0.1, 0.15) is 5.82 Å². The molecule has 3 heterocycles. The normalized spacial score (nSPS) is 16.2. The van der Waals surface area contributed by atoms with Gasteiger partial charge in [0.25, 0.3) is 5.91 Å². The molecule has 0 aliphatic carbocycles. The number of alkyl halides is 3. The van der Waals surface area contributed by atoms with Crippen LogP contribution in [-0.4, -0.2) is 65.2 Å². The molecule has 1 aliphatic heterocycles. The first-order chi connectivity index (χ1) is 18.7. The van der Waals surface area contributed by atoms with E-state index in [4.69, 9.17) is 16.3 Å². The Labute approximate surface area is 230 Å². The van der Waals surface area contributed by atoms with Crippen molar-refractivity contribution in [1.82, 2.24) is 25.2 Å². The molecule has 0 spiro atoms. The molecule has 1 saturated heterocycles. The number of nitrogens with one attached hydrogen (secondary N) is 2. The third kappa shape index (κ3) is 7.14. The van der Waals surface area contributed by atoms with Crippen LogP contribution in [0.25, 0.3) is 10.9 Å². The SMILES string of the molecule is CCC(CNc1ccc2c(C(=O)NCC(c3cnc(C(F)(F)F)nc3)N3CCCCC3)c(Cl)ccc2n1)OC. The molecule has 2 atom stereocenters. The van der Waals surface area contributed by atoms with Gasteiger partial charge < -0.3 is 15.4 Å². The number of piperidine rings is 1. The van der Waals surface area contributed by atoms with Gasteiger partial charge in [-0.05, 0) is 56.6 Å². The first kappa shape index (κ1) is 29.0. The van der Waals surface area contributed by atoms with Crippen molar-refractivity contribution in [2.75, 3.05) is 38.6 Å². The molecule has 1 fully saturated rings. The van der Waals surface area contributed by atoms with Crippen LogP contribution in [-0.2, 0) is 10.9 Å². The second kappa shape index (κ2) is 12.9. The number of hydrogen-bond donors (Lipinski definition) is 2. The molecule has 2 N–H and O–H groups in total. The van der Waals surface area contributed by atoms with E-state index in [1.165, 1.54) is 12.4 Å². The number of likely N-dealkylation sites (tertiary alicyclic amines) is 1. The Kier molecular flexibility index (Phi) is 9.58. The molecule has 210 valence electrons. The van der Waals surface area contributed by atoms with Crippen molar-refractivity contribution < 1.29 is 22.7 Å². The van der Waals surface area contributed by atoms with Gasteiger partial charge in [-0.1, -0.05) is 24.9 Å². The molecular weight excluding hydrogens is 533 g/mol. The molecule has 0 bridgehead atoms. The van der Waals surface area contributed by atoms with Crippen LogP contribution in [0.2, 0.25) is 5.02 Å². The molecule has 2 unspecified atom stereocenters. The lowest BCUT2D eigenvalue weighted by Gasteiger charge is -2.34. The molecule has 0 saturated carbocycles. The van der Waals surface area contributed by atoms with E-state index in [0.717, 1.165) is 38.8 Å². The Morgan fingerprint density at radius 2 is 1.82 bits per heavy atom. The third-order valence-electron chi connectivity index (χ3n) is 6.94. The number of rotatable bonds is 10. The predicted octanol–water partition coefficient (Wildman–Crippen LogP) is 5.49. The molecule has 4 rings (SSSR count). The fourth-order valence-electron chi connectivity index (χ4n) is 4.74. The minimum atomic E-state index is -4.62. The summed E-state index contributed by atoms with van der Waals surface area (Å²) < 4.78 is 44.4. The number of carbonyl (C=O) groups is 1. The molecule has 12 heteroatoms. The third-order valence-corrected chi connectivity index (χ3v) is 7.26. The molecule has 1 aliphatic rings. The number of hydrogen-bond acceptors (Lipinski definition) is 7. The minimum absolute atomic E-state index is 0.0527. The number of amides is 1. The van der Waals surface area contributed by atoms with E-state index < -0.39 is 17.9 Å². The van der Waals surface area contributed by atoms with E-state index >= 15 is 0 Å². The van der Waals surface area contributed by atoms with Crippen LogP contribution < -0.4 is 10.6 Å². The average molecular weight is 565 g/mol. The number of carbonyl (C=O) groups excluding carboxylic acids is 1. The smallest absolute Gasteiger partial charge is 0.380 e. The van der Waals surface area contributed by atoms with E-state index in [2.05, 4.69) is 30.5 Å². The van der Waals surface area contributed by atoms with Crippen molar-refractivity contribution in [3.05, 3.63) is 58.6 Å². The molecule has 1 aromatic carbocycles. The number of benzene rings is 1. The number of aromatic nitrogens is 3. The van der Waals surface area contributed by atoms with Gasteiger partial charge in [-0.2, -0.15) is 13.2 Å². The molecular formula is C27H32ClF3N6O2. The summed E-state index contributed by atoms with van der Waals surface area (Å²) in [5.74, 6) is -0.934. The Balaban J connectivity index is 1.54. The predicted molar refractivity (Wildman–Crippen MR) is 144 cm³/mol. The van der Waals surface area contributed by atoms with Gasteiger partial charge >= 0.3 is 6.18 Å². The molecule has 2 aromatic heterocycles. The summed E-state index contributed by atoms with van der Waals surface area (Å²) in [7, 11) is 1.66. The van der Waals surface area contributed by atoms with Crippen LogP contribution in [0.4, 0.5) is 19.0 Å². The monoisotopic (exact) mass is 564 g/mol. The van der Waals surface area contributed by atoms with Crippen LogP contribution in [0.5, 0.6) is 0 Å². The molecule has 8 nitrogen and oxygen atoms in total. The Hall–Kier alpha value is -3.02. The van der Waals surface area contributed by atoms with Gasteiger partial charge in [0.05, 0.1) is 28.2 Å². The van der Waals surface area contributed by atoms with E-state index in [-0.39, 0.29) is 29.3 Å². The van der Waals surface area contributed by atoms with Gasteiger partial charge in [0.2, 0.25) is 5.82 Å². The number of anilines is 1. The summed E-state index contributed by atoms with van der Waals surface area (Å²) in [6.07, 6.45) is 1.68. The summed E-state index contributed by atoms with van der Waals surface area (Å²) in [6.45, 7) is 4.31. The van der Waals surface area contributed by atoms with E-state index in [0.29, 0.717) is 28.8 Å². The van der Waals surface area contributed by atoms with E-state index in [9.17, 15) is 18.0 Å². The summed E-state index contributed by atoms with van der Waals surface area (Å²) in [5, 5.41) is 7.06. The topological polar surface area (TPSA) is 92.3 Å². The highest BCUT2D eigenvalue weighted by molar-refractivity contribution is 6.35. The molecule has 1 amide bonds. The second-order valence-corrected chi connectivity index (χ2v) is 9.90. The number of ether oxygens (including phenoxy) is 1. The maximum absolute atomic E-state index is 13.4. The zero-order valence-electron chi connectivity index (χ0n) is 21.9. The number of nitrogens with zero attached hydrogens (tertiary/aromatic N) is 4. The maximum atomic E-state index is 13.4. The molecule has 0 radical (unpaired) electrons. The largest absolute Gasteiger partial charge is 0.451 e. The highest BCUT2D eigenvalue weighted by Gasteiger charge is 2.35. The summed E-state index contributed by atoms with van der Waals surface area (Å²) in [6, 6.07) is 6.58. The van der Waals surface area contributed by atoms with Crippen molar-refractivity contribution in [1.29, 1.82) is 0 Å². The fraction of sp³-hybridized carbons (Fsp3) is 0.481. The van der Waals surface area contributed by atoms with Gasteiger partial charge in [-0.15, -0.1) is 0 Å². The lowest BCUT2D eigenvalue weighted by atomic mass is 10.0. The van der Waals surface area contributed by atoms with Crippen LogP contribution in [0, 0.1) is 0 Å². The Bertz CT molecular complexity index is 1260. The van der Waals surface area contributed by atoms with E-state index in [1.54, 1.807) is 31.4 Å². The summed E-state index contributed by atoms with van der Waals surface area (Å²) in [5.41, 5.74) is 1.40. The Morgan fingerprint density at radius 3 is 2.46 bits per heavy atom. The highest BCUT2D eigenvalue weighted by Crippen LogP contribution is 2.29. The second-order valence-electron chi connectivity index (χ2n) is 9.49. The first-order valence-corrected chi connectivity index (χ1v) is 13.4. The quantitative estimate of drug-likeness (QED) is 0.336. The maximum Gasteiger partial charge on any atom is 0.451 e. The van der Waals surface area contributed by atoms with E-state index in [1.807, 2.05) is 6.92 Å². The summed E-state index contributed by atoms with van der Waals surface area (Å²) in [4.78, 5) is 27.2. The fourth-order valence-corrected chi connectivity index (χ4v) is 4.99. The lowest BCUT2D eigenvalue weighted by molar-refractivity contribution is -0.145. The zero-order valence-corrected chi connectivity index (χ0v) is 22.6. The van der Waals surface area contributed by atoms with Crippen molar-refractivity contribution in [2.45, 2.75) is 50.9 Å². The standard InChI is InChI=1S/C27H32ClF3N6O2/c1-3-18(39-2)15-32-23-10-7-19-21(36-23)9-8-20(28)24(19)25(38)33-16-22(37-11-5-4-6-12-37)17-13-34-26(35-14-17)27(29,30)31/h7-10,13-14,18,22H,3-6,11-12,15-16H2,1-2H3,(H,32,36)(H,33,38). The first-order valence-electron chi connectivity index (χ1n) is 13.0. The van der Waals surface area contributed by atoms with Crippen molar-refractivity contribution >= 4 is 34.2 Å². The number of fused-ring (bicyclic) bond motifs is 1. The highest BCUT2D eigenvalue weighted by atomic mass is 35.5. The Morgan fingerprint density at radius 1 is 1.10 bits per heavy atom. The number of halogens is 4. The minimum Gasteiger partial charge on any atom is -0.380 e. The van der Waals surface area contributed by atoms with Crippen molar-refractivity contribution in [3.8, 4) is 0 Å². The number of pyridine rings is 1. The van der Waals surface area contributed by atoms with Gasteiger partial charge in [0, 0.05) is 43.5 Å². The molecule has 39 heavy (non-hydrogen) atoms. The zero-order chi connectivity index (χ0) is 28.0. The van der Waals surface area contributed by atoms with Crippen molar-refractivity contribution in [2.24, 2.45) is 0 Å². The lowest BCUT2D eigenvalue weighted by Crippen LogP contribution is -2.41. The van der Waals surface area contributed by atoms with Crippen LogP contribution >= 0.6 is 11.6 Å². The number of methoxy groups -OCH3 is 1. The van der Waals surface area contributed by atoms with Crippen LogP contribution in [0.15, 0.2) is 36.7 Å². The van der Waals surface area contributed by atoms with Crippen LogP contribution in [0.3, 0.4) is 0 Å². The average Bonchev–Trinajstić information content (AvgIpc) is 2.94. The summed E-state index contributed by atoms with van der Waals surface area (Å²) >= 11 is 6.46. The molecule has 3 aromatic rings. The van der Waals surface area contributed by atoms with Gasteiger partial charge in [-0.3, -0.25) is 9.69 Å².